The molecule has 0 atom stereocenters. The summed E-state index contributed by atoms with van der Waals surface area (Å²) in [5.41, 5.74) is 6.43. The average molecular weight is 295 g/mol. The van der Waals surface area contributed by atoms with Crippen molar-refractivity contribution in [3.05, 3.63) is 53.3 Å². The second kappa shape index (κ2) is 4.68. The van der Waals surface area contributed by atoms with E-state index in [1.165, 1.54) is 17.5 Å². The maximum Gasteiger partial charge on any atom is 0.161 e. The molecule has 0 amide bonds. The molecule has 0 fully saturated rings. The lowest BCUT2D eigenvalue weighted by molar-refractivity contribution is 0.491. The molecule has 0 spiro atoms. The average Bonchev–Trinajstić information content (AvgIpc) is 3.02. The molecule has 2 N–H and O–H groups in total. The van der Waals surface area contributed by atoms with Gasteiger partial charge in [-0.05, 0) is 11.4 Å². The van der Waals surface area contributed by atoms with Crippen molar-refractivity contribution < 1.29 is 13.2 Å². The highest BCUT2D eigenvalue weighted by Gasteiger charge is 2.15. The highest BCUT2D eigenvalue weighted by Crippen LogP contribution is 2.29. The zero-order valence-corrected chi connectivity index (χ0v) is 10.8. The van der Waals surface area contributed by atoms with E-state index in [-0.39, 0.29) is 5.69 Å². The zero-order chi connectivity index (χ0) is 14.3. The number of nitrogens with zero attached hydrogens (tertiary/aromatic N) is 2. The lowest BCUT2D eigenvalue weighted by Crippen LogP contribution is -2.01. The van der Waals surface area contributed by atoms with Crippen LogP contribution in [0, 0.1) is 17.5 Å². The number of rotatable bonds is 2. The third kappa shape index (κ3) is 2.05. The van der Waals surface area contributed by atoms with E-state index < -0.39 is 17.5 Å². The highest BCUT2D eigenvalue weighted by atomic mass is 32.1. The summed E-state index contributed by atoms with van der Waals surface area (Å²) < 4.78 is 40.9. The Morgan fingerprint density at radius 3 is 2.55 bits per heavy atom. The van der Waals surface area contributed by atoms with E-state index in [1.807, 2.05) is 17.5 Å². The van der Waals surface area contributed by atoms with Crippen LogP contribution in [0.25, 0.3) is 16.3 Å². The Balaban J connectivity index is 2.13. The lowest BCUT2D eigenvalue weighted by Gasteiger charge is -2.03. The van der Waals surface area contributed by atoms with Crippen molar-refractivity contribution in [2.45, 2.75) is 0 Å². The Bertz CT molecular complexity index is 766. The molecule has 0 radical (unpaired) electrons. The summed E-state index contributed by atoms with van der Waals surface area (Å²) in [4.78, 5) is 0.809. The third-order valence-corrected chi connectivity index (χ3v) is 3.61. The number of nitrogen functional groups attached to an aromatic ring is 1. The molecule has 0 bridgehead atoms. The summed E-state index contributed by atoms with van der Waals surface area (Å²) in [6, 6.07) is 4.87. The first-order chi connectivity index (χ1) is 9.56. The van der Waals surface area contributed by atoms with Crippen molar-refractivity contribution >= 4 is 17.0 Å². The maximum atomic E-state index is 13.7. The fourth-order valence-electron chi connectivity index (χ4n) is 1.80. The maximum absolute atomic E-state index is 13.7. The van der Waals surface area contributed by atoms with Gasteiger partial charge in [-0.25, -0.2) is 17.9 Å². The summed E-state index contributed by atoms with van der Waals surface area (Å²) in [6.45, 7) is 0. The molecule has 0 aliphatic rings. The monoisotopic (exact) mass is 295 g/mol. The van der Waals surface area contributed by atoms with E-state index in [2.05, 4.69) is 5.10 Å². The van der Waals surface area contributed by atoms with Crippen molar-refractivity contribution in [2.24, 2.45) is 0 Å². The fraction of sp³-hybridized carbons (Fsp3) is 0. The number of halogens is 3. The van der Waals surface area contributed by atoms with Crippen LogP contribution in [0.3, 0.4) is 0 Å². The van der Waals surface area contributed by atoms with Crippen LogP contribution < -0.4 is 5.73 Å². The minimum atomic E-state index is -1.25. The predicted octanol–water partition coefficient (Wildman–Crippen LogP) is 3.60. The molecule has 2 heterocycles. The number of aromatic nitrogens is 2. The van der Waals surface area contributed by atoms with Crippen molar-refractivity contribution in [2.75, 3.05) is 5.73 Å². The molecule has 0 aliphatic carbocycles. The molecule has 0 unspecified atom stereocenters. The first kappa shape index (κ1) is 12.7. The van der Waals surface area contributed by atoms with E-state index in [4.69, 9.17) is 5.73 Å². The van der Waals surface area contributed by atoms with E-state index in [9.17, 15) is 13.2 Å². The van der Waals surface area contributed by atoms with Crippen LogP contribution in [0.15, 0.2) is 35.8 Å². The van der Waals surface area contributed by atoms with Crippen LogP contribution in [-0.4, -0.2) is 9.78 Å². The Hall–Kier alpha value is -2.28. The lowest BCUT2D eigenvalue weighted by atomic mass is 10.3. The van der Waals surface area contributed by atoms with E-state index >= 15 is 0 Å². The van der Waals surface area contributed by atoms with Crippen LogP contribution in [0.2, 0.25) is 0 Å². The predicted molar refractivity (Wildman–Crippen MR) is 71.2 cm³/mol. The fourth-order valence-corrected chi connectivity index (χ4v) is 2.53. The minimum Gasteiger partial charge on any atom is -0.396 e. The Morgan fingerprint density at radius 1 is 1.10 bits per heavy atom. The molecular weight excluding hydrogens is 287 g/mol. The summed E-state index contributed by atoms with van der Waals surface area (Å²) in [6.07, 6.45) is 1.37. The molecule has 3 rings (SSSR count). The van der Waals surface area contributed by atoms with Crippen LogP contribution in [0.4, 0.5) is 18.9 Å². The smallest absolute Gasteiger partial charge is 0.161 e. The van der Waals surface area contributed by atoms with E-state index in [0.717, 1.165) is 15.6 Å². The van der Waals surface area contributed by atoms with Gasteiger partial charge in [0.25, 0.3) is 0 Å². The van der Waals surface area contributed by atoms with Gasteiger partial charge in [0.2, 0.25) is 0 Å². The highest BCUT2D eigenvalue weighted by molar-refractivity contribution is 7.13. The number of hydrogen-bond donors (Lipinski definition) is 1. The van der Waals surface area contributed by atoms with Gasteiger partial charge in [0.15, 0.2) is 17.5 Å². The SMILES string of the molecule is Nc1cn(-c2cc(F)c(F)cc2F)nc1-c1cccs1. The molecule has 0 aliphatic heterocycles. The number of thiophene rings is 1. The second-order valence-corrected chi connectivity index (χ2v) is 5.02. The van der Waals surface area contributed by atoms with Crippen LogP contribution in [-0.2, 0) is 0 Å². The molecule has 102 valence electrons. The Morgan fingerprint density at radius 2 is 1.85 bits per heavy atom. The van der Waals surface area contributed by atoms with Crippen molar-refractivity contribution in [1.82, 2.24) is 9.78 Å². The molecule has 20 heavy (non-hydrogen) atoms. The van der Waals surface area contributed by atoms with Crippen molar-refractivity contribution in [1.29, 1.82) is 0 Å². The number of anilines is 1. The molecule has 0 saturated heterocycles. The second-order valence-electron chi connectivity index (χ2n) is 4.07. The molecule has 0 saturated carbocycles. The molecule has 7 heteroatoms. The molecule has 2 aromatic heterocycles. The summed E-state index contributed by atoms with van der Waals surface area (Å²) in [7, 11) is 0. The first-order valence-electron chi connectivity index (χ1n) is 5.60. The third-order valence-electron chi connectivity index (χ3n) is 2.73. The van der Waals surface area contributed by atoms with Gasteiger partial charge >= 0.3 is 0 Å². The summed E-state index contributed by atoms with van der Waals surface area (Å²) in [5.74, 6) is -3.30. The topological polar surface area (TPSA) is 43.8 Å². The van der Waals surface area contributed by atoms with Gasteiger partial charge in [-0.15, -0.1) is 11.3 Å². The minimum absolute atomic E-state index is 0.196. The van der Waals surface area contributed by atoms with Crippen LogP contribution in [0.1, 0.15) is 0 Å². The van der Waals surface area contributed by atoms with Gasteiger partial charge in [-0.3, -0.25) is 0 Å². The Labute approximate surface area is 116 Å². The van der Waals surface area contributed by atoms with Crippen molar-refractivity contribution in [3.8, 4) is 16.3 Å². The number of nitrogens with two attached hydrogens (primary N) is 1. The molecule has 3 aromatic rings. The van der Waals surface area contributed by atoms with Gasteiger partial charge in [-0.1, -0.05) is 6.07 Å². The number of benzene rings is 1. The van der Waals surface area contributed by atoms with Crippen molar-refractivity contribution in [3.63, 3.8) is 0 Å². The van der Waals surface area contributed by atoms with Gasteiger partial charge < -0.3 is 5.73 Å². The number of hydrogen-bond acceptors (Lipinski definition) is 3. The normalized spacial score (nSPS) is 10.9. The summed E-state index contributed by atoms with van der Waals surface area (Å²) >= 11 is 1.42. The van der Waals surface area contributed by atoms with Gasteiger partial charge in [0.1, 0.15) is 11.4 Å². The first-order valence-corrected chi connectivity index (χ1v) is 6.48. The quantitative estimate of drug-likeness (QED) is 0.734. The largest absolute Gasteiger partial charge is 0.396 e. The van der Waals surface area contributed by atoms with E-state index in [0.29, 0.717) is 17.4 Å². The van der Waals surface area contributed by atoms with Gasteiger partial charge in [0, 0.05) is 12.1 Å². The van der Waals surface area contributed by atoms with Gasteiger partial charge in [0.05, 0.1) is 16.8 Å². The standard InChI is InChI=1S/C13H8F3N3S/c14-7-4-9(16)11(5-8(7)15)19-6-10(17)13(18-19)12-2-1-3-20-12/h1-6H,17H2. The molecule has 1 aromatic carbocycles. The zero-order valence-electron chi connectivity index (χ0n) is 9.98. The van der Waals surface area contributed by atoms with Crippen LogP contribution >= 0.6 is 11.3 Å². The van der Waals surface area contributed by atoms with E-state index in [1.54, 1.807) is 0 Å². The Kier molecular flexibility index (Phi) is 2.98. The van der Waals surface area contributed by atoms with Gasteiger partial charge in [-0.2, -0.15) is 5.10 Å². The summed E-state index contributed by atoms with van der Waals surface area (Å²) in [5, 5.41) is 5.98. The van der Waals surface area contributed by atoms with Crippen LogP contribution in [0.5, 0.6) is 0 Å². The molecular formula is C13H8F3N3S. The molecule has 3 nitrogen and oxygen atoms in total.